The van der Waals surface area contributed by atoms with E-state index in [-0.39, 0.29) is 0 Å². The summed E-state index contributed by atoms with van der Waals surface area (Å²) in [5, 5.41) is 6.37. The molecule has 0 atom stereocenters. The molecule has 0 amide bonds. The first-order valence-electron chi connectivity index (χ1n) is 7.15. The fourth-order valence-corrected chi connectivity index (χ4v) is 3.41. The van der Waals surface area contributed by atoms with E-state index in [4.69, 9.17) is 0 Å². The lowest BCUT2D eigenvalue weighted by Gasteiger charge is -2.09. The van der Waals surface area contributed by atoms with E-state index < -0.39 is 0 Å². The molecule has 21 heavy (non-hydrogen) atoms. The Morgan fingerprint density at radius 3 is 2.67 bits per heavy atom. The Morgan fingerprint density at radius 1 is 1.19 bits per heavy atom. The normalized spacial score (nSPS) is 10.8. The highest BCUT2D eigenvalue weighted by Gasteiger charge is 2.14. The highest BCUT2D eigenvalue weighted by Crippen LogP contribution is 2.31. The van der Waals surface area contributed by atoms with Gasteiger partial charge in [0.25, 0.3) is 0 Å². The van der Waals surface area contributed by atoms with Gasteiger partial charge in [0, 0.05) is 34.6 Å². The highest BCUT2D eigenvalue weighted by atomic mass is 32.1. The molecule has 3 rings (SSSR count). The van der Waals surface area contributed by atoms with Crippen molar-refractivity contribution in [2.45, 2.75) is 20.8 Å². The molecule has 4 heteroatoms. The average Bonchev–Trinajstić information content (AvgIpc) is 3.05. The molecule has 3 nitrogen and oxygen atoms in total. The molecule has 2 heterocycles. The number of anilines is 1. The van der Waals surface area contributed by atoms with Gasteiger partial charge >= 0.3 is 0 Å². The summed E-state index contributed by atoms with van der Waals surface area (Å²) in [6.07, 6.45) is 0. The first-order chi connectivity index (χ1) is 10.2. The van der Waals surface area contributed by atoms with Crippen molar-refractivity contribution in [3.05, 3.63) is 53.2 Å². The minimum absolute atomic E-state index is 0.899. The van der Waals surface area contributed by atoms with Crippen LogP contribution in [0.1, 0.15) is 18.3 Å². The number of aromatic nitrogens is 2. The van der Waals surface area contributed by atoms with E-state index in [1.165, 1.54) is 22.6 Å². The lowest BCUT2D eigenvalue weighted by atomic mass is 10.2. The van der Waals surface area contributed by atoms with Gasteiger partial charge in [0.1, 0.15) is 0 Å². The van der Waals surface area contributed by atoms with E-state index in [1.807, 2.05) is 6.07 Å². The molecule has 0 bridgehead atoms. The zero-order chi connectivity index (χ0) is 14.8. The lowest BCUT2D eigenvalue weighted by Crippen LogP contribution is -1.98. The van der Waals surface area contributed by atoms with Crippen LogP contribution >= 0.6 is 11.3 Å². The van der Waals surface area contributed by atoms with Gasteiger partial charge in [-0.25, -0.2) is 4.98 Å². The summed E-state index contributed by atoms with van der Waals surface area (Å²) in [5.41, 5.74) is 5.91. The second-order valence-electron chi connectivity index (χ2n) is 5.02. The van der Waals surface area contributed by atoms with Gasteiger partial charge in [0.15, 0.2) is 5.13 Å². The van der Waals surface area contributed by atoms with E-state index in [0.29, 0.717) is 0 Å². The number of hydrogen-bond donors (Lipinski definition) is 1. The Hall–Kier alpha value is -2.07. The summed E-state index contributed by atoms with van der Waals surface area (Å²) >= 11 is 1.66. The Labute approximate surface area is 129 Å². The molecule has 1 N–H and O–H groups in total. The molecule has 0 aliphatic carbocycles. The first kappa shape index (κ1) is 13.9. The van der Waals surface area contributed by atoms with Crippen molar-refractivity contribution in [2.24, 2.45) is 0 Å². The first-order valence-corrected chi connectivity index (χ1v) is 8.02. The smallest absolute Gasteiger partial charge is 0.183 e. The molecule has 108 valence electrons. The molecule has 3 aromatic rings. The van der Waals surface area contributed by atoms with E-state index >= 15 is 0 Å². The molecule has 0 aliphatic heterocycles. The van der Waals surface area contributed by atoms with Gasteiger partial charge in [-0.3, -0.25) is 0 Å². The maximum atomic E-state index is 4.67. The summed E-state index contributed by atoms with van der Waals surface area (Å²) in [5.74, 6) is 0. The maximum Gasteiger partial charge on any atom is 0.183 e. The third-order valence-corrected chi connectivity index (χ3v) is 4.35. The van der Waals surface area contributed by atoms with E-state index in [1.54, 1.807) is 11.3 Å². The van der Waals surface area contributed by atoms with Crippen molar-refractivity contribution < 1.29 is 0 Å². The number of rotatable bonds is 4. The Bertz CT molecular complexity index is 741. The number of benzene rings is 1. The van der Waals surface area contributed by atoms with Crippen LogP contribution in [-0.2, 0) is 0 Å². The van der Waals surface area contributed by atoms with Gasteiger partial charge in [-0.15, -0.1) is 11.3 Å². The van der Waals surface area contributed by atoms with Crippen LogP contribution in [0.5, 0.6) is 0 Å². The van der Waals surface area contributed by atoms with Crippen molar-refractivity contribution >= 4 is 16.5 Å². The predicted octanol–water partition coefficient (Wildman–Crippen LogP) is 4.65. The number of nitrogens with one attached hydrogen (secondary N) is 1. The fourth-order valence-electron chi connectivity index (χ4n) is 2.63. The van der Waals surface area contributed by atoms with Gasteiger partial charge in [0.05, 0.1) is 5.69 Å². The Morgan fingerprint density at radius 2 is 1.95 bits per heavy atom. The highest BCUT2D eigenvalue weighted by molar-refractivity contribution is 7.14. The van der Waals surface area contributed by atoms with Crippen molar-refractivity contribution in [3.63, 3.8) is 0 Å². The summed E-state index contributed by atoms with van der Waals surface area (Å²) < 4.78 is 2.28. The van der Waals surface area contributed by atoms with Crippen LogP contribution in [0.2, 0.25) is 0 Å². The third-order valence-electron chi connectivity index (χ3n) is 3.55. The van der Waals surface area contributed by atoms with Crippen LogP contribution in [-0.4, -0.2) is 16.1 Å². The number of nitrogens with zero attached hydrogens (tertiary/aromatic N) is 2. The predicted molar refractivity (Wildman–Crippen MR) is 90.5 cm³/mol. The summed E-state index contributed by atoms with van der Waals surface area (Å²) in [6.45, 7) is 7.28. The van der Waals surface area contributed by atoms with Crippen molar-refractivity contribution in [2.75, 3.05) is 11.9 Å². The van der Waals surface area contributed by atoms with Crippen LogP contribution in [0.15, 0.2) is 41.8 Å². The molecule has 0 unspecified atom stereocenters. The van der Waals surface area contributed by atoms with Crippen molar-refractivity contribution in [3.8, 4) is 16.9 Å². The minimum Gasteiger partial charge on any atom is -0.362 e. The zero-order valence-corrected chi connectivity index (χ0v) is 13.4. The SMILES string of the molecule is CCNc1nc(-c2cc(C)n(-c3ccccc3)c2C)cs1. The molecule has 0 spiro atoms. The minimum atomic E-state index is 0.899. The average molecular weight is 297 g/mol. The number of aryl methyl sites for hydroxylation is 1. The Kier molecular flexibility index (Phi) is 3.80. The fraction of sp³-hybridized carbons (Fsp3) is 0.235. The van der Waals surface area contributed by atoms with Gasteiger partial charge in [-0.1, -0.05) is 18.2 Å². The standard InChI is InChI=1S/C17H19N3S/c1-4-18-17-19-16(11-21-17)15-10-12(2)20(13(15)3)14-8-6-5-7-9-14/h5-11H,4H2,1-3H3,(H,18,19). The number of hydrogen-bond acceptors (Lipinski definition) is 3. The van der Waals surface area contributed by atoms with Gasteiger partial charge in [-0.05, 0) is 39.0 Å². The van der Waals surface area contributed by atoms with Crippen LogP contribution in [0.25, 0.3) is 16.9 Å². The zero-order valence-electron chi connectivity index (χ0n) is 12.6. The Balaban J connectivity index is 2.05. The molecule has 0 radical (unpaired) electrons. The second kappa shape index (κ2) is 5.74. The lowest BCUT2D eigenvalue weighted by molar-refractivity contribution is 0.966. The van der Waals surface area contributed by atoms with Crippen LogP contribution in [0.3, 0.4) is 0 Å². The largest absolute Gasteiger partial charge is 0.362 e. The van der Waals surface area contributed by atoms with Crippen molar-refractivity contribution in [1.82, 2.24) is 9.55 Å². The van der Waals surface area contributed by atoms with E-state index in [0.717, 1.165) is 17.4 Å². The van der Waals surface area contributed by atoms with Gasteiger partial charge < -0.3 is 9.88 Å². The molecule has 0 saturated heterocycles. The number of thiazole rings is 1. The molecular formula is C17H19N3S. The molecule has 0 saturated carbocycles. The van der Waals surface area contributed by atoms with Crippen molar-refractivity contribution in [1.29, 1.82) is 0 Å². The summed E-state index contributed by atoms with van der Waals surface area (Å²) in [6, 6.07) is 12.7. The van der Waals surface area contributed by atoms with Crippen LogP contribution in [0, 0.1) is 13.8 Å². The molecule has 0 fully saturated rings. The number of para-hydroxylation sites is 1. The second-order valence-corrected chi connectivity index (χ2v) is 5.88. The van der Waals surface area contributed by atoms with Gasteiger partial charge in [0.2, 0.25) is 0 Å². The van der Waals surface area contributed by atoms with Crippen LogP contribution < -0.4 is 5.32 Å². The monoisotopic (exact) mass is 297 g/mol. The summed E-state index contributed by atoms with van der Waals surface area (Å²) in [7, 11) is 0. The molecule has 0 aliphatic rings. The summed E-state index contributed by atoms with van der Waals surface area (Å²) in [4.78, 5) is 4.67. The molecular weight excluding hydrogens is 278 g/mol. The van der Waals surface area contributed by atoms with Crippen LogP contribution in [0.4, 0.5) is 5.13 Å². The maximum absolute atomic E-state index is 4.67. The van der Waals surface area contributed by atoms with Gasteiger partial charge in [-0.2, -0.15) is 0 Å². The molecule has 2 aromatic heterocycles. The molecule has 1 aromatic carbocycles. The van der Waals surface area contributed by atoms with E-state index in [9.17, 15) is 0 Å². The van der Waals surface area contributed by atoms with E-state index in [2.05, 4.69) is 71.4 Å². The third kappa shape index (κ3) is 2.59. The topological polar surface area (TPSA) is 29.9 Å². The quantitative estimate of drug-likeness (QED) is 0.759.